The standard InChI is InChI=1S/C13H21F2NO/c1-9-5-4-6-10(2)12-11(9)16(3)7-13(14,15)8-17-12/h9-10H,4-8H2,1-3H3. The van der Waals surface area contributed by atoms with Gasteiger partial charge in [0, 0.05) is 13.0 Å². The third-order valence-corrected chi connectivity index (χ3v) is 3.76. The SMILES string of the molecule is CC1CCCC(C)C2=C1OCC(F)(F)CN2C. The average molecular weight is 245 g/mol. The Morgan fingerprint density at radius 3 is 2.59 bits per heavy atom. The molecule has 1 heterocycles. The number of rotatable bonds is 0. The van der Waals surface area contributed by atoms with E-state index in [4.69, 9.17) is 4.74 Å². The van der Waals surface area contributed by atoms with E-state index >= 15 is 0 Å². The van der Waals surface area contributed by atoms with E-state index in [9.17, 15) is 8.78 Å². The van der Waals surface area contributed by atoms with Crippen LogP contribution in [-0.2, 0) is 4.74 Å². The maximum absolute atomic E-state index is 13.5. The minimum Gasteiger partial charge on any atom is -0.489 e. The molecule has 0 spiro atoms. The van der Waals surface area contributed by atoms with E-state index in [2.05, 4.69) is 13.8 Å². The normalized spacial score (nSPS) is 33.6. The zero-order valence-electron chi connectivity index (χ0n) is 10.8. The smallest absolute Gasteiger partial charge is 0.298 e. The Morgan fingerprint density at radius 2 is 1.88 bits per heavy atom. The minimum absolute atomic E-state index is 0.233. The highest BCUT2D eigenvalue weighted by molar-refractivity contribution is 5.16. The van der Waals surface area contributed by atoms with Gasteiger partial charge in [0.2, 0.25) is 0 Å². The number of alkyl halides is 2. The monoisotopic (exact) mass is 245 g/mol. The molecule has 17 heavy (non-hydrogen) atoms. The van der Waals surface area contributed by atoms with E-state index in [-0.39, 0.29) is 12.5 Å². The van der Waals surface area contributed by atoms with Gasteiger partial charge in [-0.2, -0.15) is 0 Å². The van der Waals surface area contributed by atoms with Gasteiger partial charge in [-0.3, -0.25) is 0 Å². The molecule has 0 saturated heterocycles. The van der Waals surface area contributed by atoms with Crippen LogP contribution in [0.3, 0.4) is 0 Å². The highest BCUT2D eigenvalue weighted by Gasteiger charge is 2.39. The van der Waals surface area contributed by atoms with Crippen molar-refractivity contribution < 1.29 is 13.5 Å². The molecule has 0 bridgehead atoms. The van der Waals surface area contributed by atoms with Crippen LogP contribution >= 0.6 is 0 Å². The van der Waals surface area contributed by atoms with E-state index < -0.39 is 12.5 Å². The molecule has 1 aliphatic heterocycles. The van der Waals surface area contributed by atoms with E-state index in [0.29, 0.717) is 5.92 Å². The van der Waals surface area contributed by atoms with Gasteiger partial charge in [0.1, 0.15) is 5.76 Å². The summed E-state index contributed by atoms with van der Waals surface area (Å²) in [7, 11) is 1.76. The van der Waals surface area contributed by atoms with Gasteiger partial charge in [0.25, 0.3) is 5.92 Å². The summed E-state index contributed by atoms with van der Waals surface area (Å²) in [5, 5.41) is 0. The fraction of sp³-hybridized carbons (Fsp3) is 0.846. The van der Waals surface area contributed by atoms with Gasteiger partial charge in [-0.1, -0.05) is 20.3 Å². The van der Waals surface area contributed by atoms with Crippen LogP contribution < -0.4 is 0 Å². The molecule has 4 heteroatoms. The van der Waals surface area contributed by atoms with Gasteiger partial charge < -0.3 is 9.64 Å². The average Bonchev–Trinajstić information content (AvgIpc) is 2.41. The molecule has 0 N–H and O–H groups in total. The maximum atomic E-state index is 13.5. The number of hydrogen-bond acceptors (Lipinski definition) is 2. The van der Waals surface area contributed by atoms with Crippen molar-refractivity contribution in [3.05, 3.63) is 11.5 Å². The highest BCUT2D eigenvalue weighted by Crippen LogP contribution is 2.38. The summed E-state index contributed by atoms with van der Waals surface area (Å²) in [5.74, 6) is -1.38. The highest BCUT2D eigenvalue weighted by atomic mass is 19.3. The van der Waals surface area contributed by atoms with Gasteiger partial charge >= 0.3 is 0 Å². The van der Waals surface area contributed by atoms with E-state index in [1.165, 1.54) is 0 Å². The Morgan fingerprint density at radius 1 is 1.24 bits per heavy atom. The summed E-state index contributed by atoms with van der Waals surface area (Å²) in [6.07, 6.45) is 3.23. The zero-order valence-corrected chi connectivity index (χ0v) is 10.8. The summed E-state index contributed by atoms with van der Waals surface area (Å²) in [6, 6.07) is 0. The molecule has 2 unspecified atom stereocenters. The summed E-state index contributed by atoms with van der Waals surface area (Å²) >= 11 is 0. The van der Waals surface area contributed by atoms with Gasteiger partial charge in [-0.15, -0.1) is 0 Å². The van der Waals surface area contributed by atoms with Crippen molar-refractivity contribution in [2.45, 2.75) is 39.0 Å². The molecular weight excluding hydrogens is 224 g/mol. The Hall–Kier alpha value is -0.800. The lowest BCUT2D eigenvalue weighted by atomic mass is 10.0. The molecule has 2 nitrogen and oxygen atoms in total. The lowest BCUT2D eigenvalue weighted by Crippen LogP contribution is -2.36. The van der Waals surface area contributed by atoms with Crippen LogP contribution in [0.25, 0.3) is 0 Å². The molecule has 0 saturated carbocycles. The van der Waals surface area contributed by atoms with Gasteiger partial charge in [-0.05, 0) is 18.8 Å². The molecule has 0 aromatic carbocycles. The van der Waals surface area contributed by atoms with Crippen LogP contribution in [0.2, 0.25) is 0 Å². The van der Waals surface area contributed by atoms with Crippen molar-refractivity contribution in [2.75, 3.05) is 20.2 Å². The van der Waals surface area contributed by atoms with Crippen LogP contribution in [0, 0.1) is 11.8 Å². The third-order valence-electron chi connectivity index (χ3n) is 3.76. The molecule has 1 aliphatic carbocycles. The van der Waals surface area contributed by atoms with Crippen molar-refractivity contribution in [3.8, 4) is 0 Å². The molecule has 0 aromatic heterocycles. The molecule has 98 valence electrons. The predicted octanol–water partition coefficient (Wildman–Crippen LogP) is 3.25. The van der Waals surface area contributed by atoms with Crippen LogP contribution in [-0.4, -0.2) is 31.0 Å². The zero-order chi connectivity index (χ0) is 12.6. The number of allylic oxidation sites excluding steroid dienone is 2. The van der Waals surface area contributed by atoms with Crippen molar-refractivity contribution in [1.29, 1.82) is 0 Å². The van der Waals surface area contributed by atoms with Gasteiger partial charge in [0.15, 0.2) is 6.61 Å². The molecule has 2 atom stereocenters. The quantitative estimate of drug-likeness (QED) is 0.649. The second-order valence-corrected chi connectivity index (χ2v) is 5.48. The van der Waals surface area contributed by atoms with Crippen molar-refractivity contribution in [3.63, 3.8) is 0 Å². The topological polar surface area (TPSA) is 12.5 Å². The summed E-state index contributed by atoms with van der Waals surface area (Å²) in [5.41, 5.74) is 0.993. The number of hydrogen-bond donors (Lipinski definition) is 0. The third kappa shape index (κ3) is 2.55. The largest absolute Gasteiger partial charge is 0.489 e. The first-order chi connectivity index (χ1) is 7.91. The first-order valence-electron chi connectivity index (χ1n) is 6.36. The van der Waals surface area contributed by atoms with E-state index in [1.807, 2.05) is 0 Å². The first kappa shape index (κ1) is 12.7. The van der Waals surface area contributed by atoms with Gasteiger partial charge in [0.05, 0.1) is 12.2 Å². The lowest BCUT2D eigenvalue weighted by Gasteiger charge is -2.27. The second-order valence-electron chi connectivity index (χ2n) is 5.48. The molecule has 0 amide bonds. The maximum Gasteiger partial charge on any atom is 0.298 e. The number of nitrogens with zero attached hydrogens (tertiary/aromatic N) is 1. The Bertz CT molecular complexity index is 327. The van der Waals surface area contributed by atoms with E-state index in [0.717, 1.165) is 30.7 Å². The number of ether oxygens (including phenoxy) is 1. The Labute approximate surface area is 102 Å². The Kier molecular flexibility index (Phi) is 3.32. The minimum atomic E-state index is -2.75. The van der Waals surface area contributed by atoms with Crippen LogP contribution in [0.5, 0.6) is 0 Å². The molecule has 0 aromatic rings. The fourth-order valence-corrected chi connectivity index (χ4v) is 2.94. The summed E-state index contributed by atoms with van der Waals surface area (Å²) in [4.78, 5) is 1.70. The van der Waals surface area contributed by atoms with Gasteiger partial charge in [-0.25, -0.2) is 8.78 Å². The Balaban J connectivity index is 2.34. The van der Waals surface area contributed by atoms with Crippen LogP contribution in [0.1, 0.15) is 33.1 Å². The summed E-state index contributed by atoms with van der Waals surface area (Å²) < 4.78 is 32.5. The number of halogens is 2. The molecule has 0 radical (unpaired) electrons. The lowest BCUT2D eigenvalue weighted by molar-refractivity contribution is -0.0656. The second kappa shape index (κ2) is 4.46. The molecule has 2 aliphatic rings. The molecule has 2 rings (SSSR count). The molecular formula is C13H21F2NO. The van der Waals surface area contributed by atoms with Crippen molar-refractivity contribution in [1.82, 2.24) is 4.90 Å². The van der Waals surface area contributed by atoms with Crippen molar-refractivity contribution >= 4 is 0 Å². The van der Waals surface area contributed by atoms with Crippen LogP contribution in [0.15, 0.2) is 11.5 Å². The fourth-order valence-electron chi connectivity index (χ4n) is 2.94. The molecule has 0 fully saturated rings. The van der Waals surface area contributed by atoms with Crippen molar-refractivity contribution in [2.24, 2.45) is 11.8 Å². The van der Waals surface area contributed by atoms with E-state index in [1.54, 1.807) is 11.9 Å². The van der Waals surface area contributed by atoms with Crippen LogP contribution in [0.4, 0.5) is 8.78 Å². The predicted molar refractivity (Wildman–Crippen MR) is 62.7 cm³/mol. The first-order valence-corrected chi connectivity index (χ1v) is 6.36. The summed E-state index contributed by atoms with van der Waals surface area (Å²) in [6.45, 7) is 3.47.